The summed E-state index contributed by atoms with van der Waals surface area (Å²) >= 11 is 0. The first-order valence-corrected chi connectivity index (χ1v) is 8.94. The van der Waals surface area contributed by atoms with Crippen molar-refractivity contribution >= 4 is 23.1 Å². The highest BCUT2D eigenvalue weighted by Gasteiger charge is 2.14. The van der Waals surface area contributed by atoms with Gasteiger partial charge in [-0.15, -0.1) is 0 Å². The molecule has 0 aliphatic heterocycles. The summed E-state index contributed by atoms with van der Waals surface area (Å²) in [5.74, 6) is 0.534. The van der Waals surface area contributed by atoms with E-state index in [1.54, 1.807) is 55.7 Å². The first kappa shape index (κ1) is 18.3. The quantitative estimate of drug-likeness (QED) is 0.519. The van der Waals surface area contributed by atoms with Gasteiger partial charge in [0.15, 0.2) is 11.5 Å². The van der Waals surface area contributed by atoms with Crippen LogP contribution in [0.1, 0.15) is 11.4 Å². The fourth-order valence-corrected chi connectivity index (χ4v) is 3.12. The molecule has 144 valence electrons. The molecule has 4 aromatic rings. The molecule has 1 heterocycles. The lowest BCUT2D eigenvalue weighted by Crippen LogP contribution is -2.22. The summed E-state index contributed by atoms with van der Waals surface area (Å²) in [6.07, 6.45) is 3.40. The number of phenolic OH excluding ortho intramolecular Hbond substituents is 2. The predicted octanol–water partition coefficient (Wildman–Crippen LogP) is 3.98. The number of aromatic nitrogens is 2. The average molecular weight is 386 g/mol. The van der Waals surface area contributed by atoms with E-state index in [0.717, 1.165) is 0 Å². The summed E-state index contributed by atoms with van der Waals surface area (Å²) < 4.78 is 6.94. The molecular formula is C23H18N2O4. The van der Waals surface area contributed by atoms with Crippen molar-refractivity contribution < 1.29 is 14.9 Å². The Balaban J connectivity index is 1.95. The van der Waals surface area contributed by atoms with Gasteiger partial charge < -0.3 is 14.9 Å². The number of benzene rings is 3. The molecule has 0 radical (unpaired) electrons. The third-order valence-electron chi connectivity index (χ3n) is 4.55. The molecule has 0 unspecified atom stereocenters. The van der Waals surface area contributed by atoms with E-state index in [9.17, 15) is 15.0 Å². The van der Waals surface area contributed by atoms with Crippen molar-refractivity contribution in [2.45, 2.75) is 0 Å². The number of methoxy groups -OCH3 is 1. The molecule has 4 rings (SSSR count). The van der Waals surface area contributed by atoms with E-state index in [1.165, 1.54) is 16.7 Å². The maximum atomic E-state index is 13.3. The molecule has 3 aromatic carbocycles. The summed E-state index contributed by atoms with van der Waals surface area (Å²) in [5.41, 5.74) is 1.59. The van der Waals surface area contributed by atoms with Crippen LogP contribution >= 0.6 is 0 Å². The summed E-state index contributed by atoms with van der Waals surface area (Å²) in [4.78, 5) is 17.9. The number of phenols is 2. The second-order valence-electron chi connectivity index (χ2n) is 6.38. The van der Waals surface area contributed by atoms with Crippen LogP contribution < -0.4 is 10.3 Å². The molecule has 0 amide bonds. The van der Waals surface area contributed by atoms with Crippen molar-refractivity contribution in [3.63, 3.8) is 0 Å². The van der Waals surface area contributed by atoms with Crippen LogP contribution in [0.25, 0.3) is 28.7 Å². The molecule has 29 heavy (non-hydrogen) atoms. The van der Waals surface area contributed by atoms with Crippen LogP contribution in [0, 0.1) is 0 Å². The third kappa shape index (κ3) is 3.43. The average Bonchev–Trinajstić information content (AvgIpc) is 2.75. The normalized spacial score (nSPS) is 11.2. The Labute approximate surface area is 166 Å². The summed E-state index contributed by atoms with van der Waals surface area (Å²) in [5, 5.41) is 19.7. The van der Waals surface area contributed by atoms with E-state index in [0.29, 0.717) is 33.7 Å². The minimum absolute atomic E-state index is 0.197. The Bertz CT molecular complexity index is 1290. The molecule has 0 atom stereocenters. The number of ether oxygens (including phenoxy) is 1. The molecule has 0 spiro atoms. The number of hydrogen-bond donors (Lipinski definition) is 2. The van der Waals surface area contributed by atoms with Crippen molar-refractivity contribution in [2.75, 3.05) is 7.11 Å². The van der Waals surface area contributed by atoms with Crippen LogP contribution in [0.4, 0.5) is 0 Å². The molecule has 2 N–H and O–H groups in total. The van der Waals surface area contributed by atoms with Crippen LogP contribution in [0.3, 0.4) is 0 Å². The van der Waals surface area contributed by atoms with Gasteiger partial charge in [-0.1, -0.05) is 36.4 Å². The van der Waals surface area contributed by atoms with Gasteiger partial charge in [0.05, 0.1) is 23.7 Å². The lowest BCUT2D eigenvalue weighted by Gasteiger charge is -2.14. The fourth-order valence-electron chi connectivity index (χ4n) is 3.12. The van der Waals surface area contributed by atoms with Crippen LogP contribution in [0.5, 0.6) is 17.2 Å². The number of fused-ring (bicyclic) bond motifs is 1. The van der Waals surface area contributed by atoms with Crippen molar-refractivity contribution in [1.82, 2.24) is 9.55 Å². The molecule has 0 aliphatic carbocycles. The van der Waals surface area contributed by atoms with Gasteiger partial charge in [0.25, 0.3) is 5.56 Å². The maximum Gasteiger partial charge on any atom is 0.266 e. The standard InChI is InChI=1S/C23H18N2O4/c1-29-21-9-5-4-8-18(21)25-22(13-11-15-10-12-19(26)20(27)14-15)24-17-7-3-2-6-16(17)23(25)28/h2-14,26-27H,1H3. The topological polar surface area (TPSA) is 84.6 Å². The predicted molar refractivity (Wildman–Crippen MR) is 113 cm³/mol. The minimum atomic E-state index is -0.222. The first-order chi connectivity index (χ1) is 14.1. The van der Waals surface area contributed by atoms with E-state index in [1.807, 2.05) is 18.2 Å². The highest BCUT2D eigenvalue weighted by atomic mass is 16.5. The molecular weight excluding hydrogens is 368 g/mol. The van der Waals surface area contributed by atoms with Gasteiger partial charge in [0, 0.05) is 0 Å². The molecule has 0 saturated carbocycles. The van der Waals surface area contributed by atoms with Gasteiger partial charge >= 0.3 is 0 Å². The van der Waals surface area contributed by atoms with Crippen LogP contribution in [0.2, 0.25) is 0 Å². The number of rotatable bonds is 4. The van der Waals surface area contributed by atoms with Gasteiger partial charge in [-0.3, -0.25) is 9.36 Å². The molecule has 6 nitrogen and oxygen atoms in total. The largest absolute Gasteiger partial charge is 0.504 e. The maximum absolute atomic E-state index is 13.3. The van der Waals surface area contributed by atoms with E-state index in [2.05, 4.69) is 4.98 Å². The molecule has 6 heteroatoms. The Kier molecular flexibility index (Phi) is 4.75. The van der Waals surface area contributed by atoms with E-state index >= 15 is 0 Å². The minimum Gasteiger partial charge on any atom is -0.504 e. The zero-order valence-corrected chi connectivity index (χ0v) is 15.6. The number of para-hydroxylation sites is 3. The second kappa shape index (κ2) is 7.52. The van der Waals surface area contributed by atoms with E-state index < -0.39 is 0 Å². The monoisotopic (exact) mass is 386 g/mol. The second-order valence-corrected chi connectivity index (χ2v) is 6.38. The SMILES string of the molecule is COc1ccccc1-n1c(C=Cc2ccc(O)c(O)c2)nc2ccccc2c1=O. The van der Waals surface area contributed by atoms with Crippen molar-refractivity contribution in [3.05, 3.63) is 88.5 Å². The Morgan fingerprint density at radius 2 is 1.69 bits per heavy atom. The summed E-state index contributed by atoms with van der Waals surface area (Å²) in [7, 11) is 1.55. The molecule has 0 fully saturated rings. The molecule has 0 aliphatic rings. The van der Waals surface area contributed by atoms with Gasteiger partial charge in [-0.25, -0.2) is 4.98 Å². The first-order valence-electron chi connectivity index (χ1n) is 8.94. The lowest BCUT2D eigenvalue weighted by molar-refractivity contribution is 0.403. The van der Waals surface area contributed by atoms with Crippen LogP contribution in [-0.2, 0) is 0 Å². The summed E-state index contributed by atoms with van der Waals surface area (Å²) in [6.45, 7) is 0. The molecule has 1 aromatic heterocycles. The smallest absolute Gasteiger partial charge is 0.266 e. The van der Waals surface area contributed by atoms with Gasteiger partial charge in [0.1, 0.15) is 11.6 Å². The zero-order valence-electron chi connectivity index (χ0n) is 15.6. The number of hydrogen-bond acceptors (Lipinski definition) is 5. The third-order valence-corrected chi connectivity index (χ3v) is 4.55. The van der Waals surface area contributed by atoms with Crippen molar-refractivity contribution in [1.29, 1.82) is 0 Å². The highest BCUT2D eigenvalue weighted by molar-refractivity contribution is 5.80. The van der Waals surface area contributed by atoms with E-state index in [4.69, 9.17) is 4.74 Å². The van der Waals surface area contributed by atoms with Gasteiger partial charge in [-0.2, -0.15) is 0 Å². The summed E-state index contributed by atoms with van der Waals surface area (Å²) in [6, 6.07) is 18.9. The highest BCUT2D eigenvalue weighted by Crippen LogP contribution is 2.27. The number of nitrogens with zero attached hydrogens (tertiary/aromatic N) is 2. The van der Waals surface area contributed by atoms with Gasteiger partial charge in [-0.05, 0) is 48.0 Å². The number of aromatic hydroxyl groups is 2. The lowest BCUT2D eigenvalue weighted by atomic mass is 10.1. The Morgan fingerprint density at radius 3 is 2.48 bits per heavy atom. The van der Waals surface area contributed by atoms with Gasteiger partial charge in [0.2, 0.25) is 0 Å². The van der Waals surface area contributed by atoms with E-state index in [-0.39, 0.29) is 17.1 Å². The van der Waals surface area contributed by atoms with Crippen LogP contribution in [0.15, 0.2) is 71.5 Å². The Morgan fingerprint density at radius 1 is 0.931 bits per heavy atom. The van der Waals surface area contributed by atoms with Crippen molar-refractivity contribution in [3.8, 4) is 22.9 Å². The Hall–Kier alpha value is -4.06. The van der Waals surface area contributed by atoms with Crippen LogP contribution in [-0.4, -0.2) is 26.9 Å². The molecule has 0 bridgehead atoms. The zero-order chi connectivity index (χ0) is 20.4. The molecule has 0 saturated heterocycles. The van der Waals surface area contributed by atoms with Crippen molar-refractivity contribution in [2.24, 2.45) is 0 Å². The fraction of sp³-hybridized carbons (Fsp3) is 0.0435.